The van der Waals surface area contributed by atoms with E-state index in [-0.39, 0.29) is 18.9 Å². The van der Waals surface area contributed by atoms with E-state index in [1.165, 1.54) is 83.5 Å². The average molecular weight is 900 g/mol. The summed E-state index contributed by atoms with van der Waals surface area (Å²) < 4.78 is 22.7. The van der Waals surface area contributed by atoms with Crippen molar-refractivity contribution in [2.24, 2.45) is 0 Å². The number of amides is 1. The molecule has 0 aromatic rings. The van der Waals surface area contributed by atoms with E-state index in [1.54, 1.807) is 6.08 Å². The van der Waals surface area contributed by atoms with Crippen molar-refractivity contribution in [1.82, 2.24) is 5.32 Å². The van der Waals surface area contributed by atoms with Crippen molar-refractivity contribution >= 4 is 5.91 Å². The van der Waals surface area contributed by atoms with Crippen molar-refractivity contribution in [1.29, 1.82) is 0 Å². The topological polar surface area (TPSA) is 228 Å². The zero-order valence-corrected chi connectivity index (χ0v) is 38.8. The molecule has 2 fully saturated rings. The predicted molar refractivity (Wildman–Crippen MR) is 244 cm³/mol. The Balaban J connectivity index is 1.88. The van der Waals surface area contributed by atoms with Crippen LogP contribution in [0, 0.1) is 0 Å². The first-order valence-electron chi connectivity index (χ1n) is 24.7. The third kappa shape index (κ3) is 24.0. The normalized spacial score (nSPS) is 27.8. The Hall–Kier alpha value is -1.79. The van der Waals surface area contributed by atoms with Gasteiger partial charge in [-0.15, -0.1) is 0 Å². The second-order valence-corrected chi connectivity index (χ2v) is 17.6. The van der Waals surface area contributed by atoms with Crippen molar-refractivity contribution in [3.05, 3.63) is 36.5 Å². The monoisotopic (exact) mass is 900 g/mol. The first-order chi connectivity index (χ1) is 30.6. The van der Waals surface area contributed by atoms with Crippen molar-refractivity contribution in [3.8, 4) is 0 Å². The fourth-order valence-electron chi connectivity index (χ4n) is 7.97. The smallest absolute Gasteiger partial charge is 0.220 e. The Kier molecular flexibility index (Phi) is 33.1. The van der Waals surface area contributed by atoms with Crippen LogP contribution in [0.15, 0.2) is 36.5 Å². The molecule has 12 unspecified atom stereocenters. The lowest BCUT2D eigenvalue weighted by molar-refractivity contribution is -0.359. The third-order valence-corrected chi connectivity index (χ3v) is 12.1. The van der Waals surface area contributed by atoms with Gasteiger partial charge in [0, 0.05) is 6.42 Å². The summed E-state index contributed by atoms with van der Waals surface area (Å²) in [7, 11) is 0. The Bertz CT molecular complexity index is 1200. The number of nitrogens with one attached hydrogen (secondary N) is 1. The number of carbonyl (C=O) groups is 1. The lowest BCUT2D eigenvalue weighted by atomic mass is 9.97. The molecule has 0 aromatic heterocycles. The Morgan fingerprint density at radius 3 is 1.60 bits per heavy atom. The van der Waals surface area contributed by atoms with Gasteiger partial charge in [0.1, 0.15) is 48.8 Å². The number of ether oxygens (including phenoxy) is 4. The maximum atomic E-state index is 13.1. The van der Waals surface area contributed by atoms with Gasteiger partial charge in [-0.05, 0) is 51.4 Å². The molecule has 2 heterocycles. The molecule has 368 valence electrons. The second-order valence-electron chi connectivity index (χ2n) is 17.6. The summed E-state index contributed by atoms with van der Waals surface area (Å²) in [5.74, 6) is -0.255. The molecule has 2 aliphatic rings. The number of hydrogen-bond donors (Lipinski definition) is 9. The van der Waals surface area contributed by atoms with Crippen LogP contribution in [-0.4, -0.2) is 140 Å². The highest BCUT2D eigenvalue weighted by molar-refractivity contribution is 5.76. The van der Waals surface area contributed by atoms with Crippen molar-refractivity contribution < 1.29 is 64.6 Å². The minimum absolute atomic E-state index is 0.255. The summed E-state index contributed by atoms with van der Waals surface area (Å²) in [6.45, 7) is 2.74. The van der Waals surface area contributed by atoms with Crippen LogP contribution in [0.3, 0.4) is 0 Å². The number of rotatable bonds is 37. The predicted octanol–water partition coefficient (Wildman–Crippen LogP) is 5.93. The standard InChI is InChI=1S/C49H89NO13/c1-3-5-7-9-11-13-15-17-18-19-21-23-25-27-29-31-33-41(54)50-37(38(53)32-30-28-26-24-22-20-16-14-12-10-8-6-4-2)36-60-48-46(59)44(57)47(40(35-52)62-48)63-49-45(58)43(56)42(55)39(34-51)61-49/h13,15,18-19,30,32,37-40,42-49,51-53,55-59H,3-12,14,16-17,20-29,31,33-36H2,1-2H3,(H,50,54)/b15-13-,19-18-,32-30+. The van der Waals surface area contributed by atoms with Crippen LogP contribution in [0.5, 0.6) is 0 Å². The number of carbonyl (C=O) groups excluding carboxylic acids is 1. The van der Waals surface area contributed by atoms with Crippen LogP contribution in [0.25, 0.3) is 0 Å². The second kappa shape index (κ2) is 36.3. The molecule has 0 aromatic carbocycles. The summed E-state index contributed by atoms with van der Waals surface area (Å²) in [4.78, 5) is 13.1. The van der Waals surface area contributed by atoms with Gasteiger partial charge < -0.3 is 65.1 Å². The fraction of sp³-hybridized carbons (Fsp3) is 0.857. The van der Waals surface area contributed by atoms with Crippen LogP contribution >= 0.6 is 0 Å². The van der Waals surface area contributed by atoms with Crippen LogP contribution < -0.4 is 5.32 Å². The summed E-state index contributed by atoms with van der Waals surface area (Å²) in [5.41, 5.74) is 0. The first kappa shape index (κ1) is 57.3. The van der Waals surface area contributed by atoms with Gasteiger partial charge in [-0.3, -0.25) is 4.79 Å². The fourth-order valence-corrected chi connectivity index (χ4v) is 7.97. The first-order valence-corrected chi connectivity index (χ1v) is 24.7. The maximum Gasteiger partial charge on any atom is 0.220 e. The summed E-state index contributed by atoms with van der Waals surface area (Å²) in [6, 6.07) is -0.919. The van der Waals surface area contributed by atoms with Gasteiger partial charge in [-0.25, -0.2) is 0 Å². The van der Waals surface area contributed by atoms with Crippen LogP contribution in [-0.2, 0) is 23.7 Å². The van der Waals surface area contributed by atoms with Crippen molar-refractivity contribution in [2.75, 3.05) is 19.8 Å². The molecule has 12 atom stereocenters. The van der Waals surface area contributed by atoms with E-state index in [0.29, 0.717) is 6.42 Å². The van der Waals surface area contributed by atoms with E-state index in [2.05, 4.69) is 43.5 Å². The minimum Gasteiger partial charge on any atom is -0.394 e. The molecule has 2 rings (SSSR count). The van der Waals surface area contributed by atoms with Crippen LogP contribution in [0.1, 0.15) is 174 Å². The van der Waals surface area contributed by atoms with E-state index in [1.807, 2.05) is 6.08 Å². The highest BCUT2D eigenvalue weighted by Gasteiger charge is 2.51. The molecule has 1 amide bonds. The number of aliphatic hydroxyl groups excluding tert-OH is 8. The number of allylic oxidation sites excluding steroid dienone is 5. The Morgan fingerprint density at radius 1 is 0.571 bits per heavy atom. The van der Waals surface area contributed by atoms with Gasteiger partial charge in [-0.1, -0.05) is 153 Å². The lowest BCUT2D eigenvalue weighted by Crippen LogP contribution is -2.65. The van der Waals surface area contributed by atoms with Gasteiger partial charge in [0.25, 0.3) is 0 Å². The molecule has 0 bridgehead atoms. The molecule has 0 aliphatic carbocycles. The van der Waals surface area contributed by atoms with Gasteiger partial charge in [-0.2, -0.15) is 0 Å². The van der Waals surface area contributed by atoms with Gasteiger partial charge in [0.05, 0.1) is 32.0 Å². The lowest BCUT2D eigenvalue weighted by Gasteiger charge is -2.46. The molecule has 2 saturated heterocycles. The van der Waals surface area contributed by atoms with Gasteiger partial charge >= 0.3 is 0 Å². The zero-order chi connectivity index (χ0) is 46.1. The number of aliphatic hydroxyl groups is 8. The molecule has 63 heavy (non-hydrogen) atoms. The van der Waals surface area contributed by atoms with E-state index in [0.717, 1.165) is 64.2 Å². The molecule has 14 heteroatoms. The highest BCUT2D eigenvalue weighted by Crippen LogP contribution is 2.30. The van der Waals surface area contributed by atoms with E-state index < -0.39 is 86.8 Å². The van der Waals surface area contributed by atoms with Gasteiger partial charge in [0.15, 0.2) is 12.6 Å². The van der Waals surface area contributed by atoms with E-state index >= 15 is 0 Å². The highest BCUT2D eigenvalue weighted by atomic mass is 16.7. The summed E-state index contributed by atoms with van der Waals surface area (Å²) >= 11 is 0. The molecular formula is C49H89NO13. The molecule has 0 saturated carbocycles. The SMILES string of the molecule is CCCCCC/C=C\C/C=C\CCCCCCCC(=O)NC(COC1OC(CO)C(OC2OC(CO)C(O)C(O)C2O)C(O)C1O)C(O)/C=C/CCCCCCCCCCCCC. The van der Waals surface area contributed by atoms with Crippen LogP contribution in [0.2, 0.25) is 0 Å². The minimum atomic E-state index is -1.79. The number of unbranched alkanes of at least 4 members (excludes halogenated alkanes) is 20. The summed E-state index contributed by atoms with van der Waals surface area (Å²) in [6.07, 6.45) is 23.2. The van der Waals surface area contributed by atoms with E-state index in [4.69, 9.17) is 18.9 Å². The van der Waals surface area contributed by atoms with Crippen molar-refractivity contribution in [2.45, 2.75) is 248 Å². The molecule has 0 spiro atoms. The molecule has 9 N–H and O–H groups in total. The van der Waals surface area contributed by atoms with Crippen LogP contribution in [0.4, 0.5) is 0 Å². The molecular weight excluding hydrogens is 811 g/mol. The van der Waals surface area contributed by atoms with Gasteiger partial charge in [0.2, 0.25) is 5.91 Å². The van der Waals surface area contributed by atoms with E-state index in [9.17, 15) is 45.6 Å². The average Bonchev–Trinajstić information content (AvgIpc) is 3.28. The quantitative estimate of drug-likeness (QED) is 0.0261. The largest absolute Gasteiger partial charge is 0.394 e. The Morgan fingerprint density at radius 2 is 1.05 bits per heavy atom. The zero-order valence-electron chi connectivity index (χ0n) is 38.8. The molecule has 0 radical (unpaired) electrons. The molecule has 14 nitrogen and oxygen atoms in total. The summed E-state index contributed by atoms with van der Waals surface area (Å²) in [5, 5.41) is 86.6. The van der Waals surface area contributed by atoms with Crippen molar-refractivity contribution in [3.63, 3.8) is 0 Å². The Labute approximate surface area is 379 Å². The molecule has 2 aliphatic heterocycles. The third-order valence-electron chi connectivity index (χ3n) is 12.1. The number of hydrogen-bond acceptors (Lipinski definition) is 13. The maximum absolute atomic E-state index is 13.1.